The van der Waals surface area contributed by atoms with Crippen LogP contribution in [0.5, 0.6) is 0 Å². The predicted molar refractivity (Wildman–Crippen MR) is 242 cm³/mol. The molecule has 0 aliphatic heterocycles. The number of imidazole rings is 1. The average Bonchev–Trinajstić information content (AvgIpc) is 4.04. The van der Waals surface area contributed by atoms with Gasteiger partial charge in [-0.1, -0.05) is 117 Å². The molecule has 0 aliphatic carbocycles. The number of para-hydroxylation sites is 4. The van der Waals surface area contributed by atoms with Gasteiger partial charge in [-0.05, 0) is 88.2 Å². The van der Waals surface area contributed by atoms with Crippen LogP contribution in [0.25, 0.3) is 111 Å². The van der Waals surface area contributed by atoms with E-state index in [0.717, 1.165) is 110 Å². The van der Waals surface area contributed by atoms with Gasteiger partial charge in [0.25, 0.3) is 0 Å². The molecule has 0 bridgehead atoms. The number of aromatic nitrogens is 5. The summed E-state index contributed by atoms with van der Waals surface area (Å²) >= 11 is 0. The summed E-state index contributed by atoms with van der Waals surface area (Å²) in [4.78, 5) is 15.7. The maximum Gasteiger partial charge on any atom is 2.00 e. The summed E-state index contributed by atoms with van der Waals surface area (Å²) < 4.78 is 35.3. The molecule has 0 radical (unpaired) electrons. The molecule has 0 spiro atoms. The fourth-order valence-corrected chi connectivity index (χ4v) is 8.97. The Kier molecular flexibility index (Phi) is 7.39. The number of hydrogen-bond acceptors (Lipinski definition) is 3. The molecular formula is C53H37N5OPt. The van der Waals surface area contributed by atoms with Crippen molar-refractivity contribution in [2.75, 3.05) is 0 Å². The van der Waals surface area contributed by atoms with Crippen LogP contribution in [0.3, 0.4) is 0 Å². The Morgan fingerprint density at radius 1 is 0.683 bits per heavy atom. The Morgan fingerprint density at radius 3 is 2.32 bits per heavy atom. The molecule has 5 aromatic heterocycles. The molecule has 0 saturated heterocycles. The minimum atomic E-state index is -2.28. The summed E-state index contributed by atoms with van der Waals surface area (Å²) in [5.41, 5.74) is 11.8. The average molecular weight is 958 g/mol. The van der Waals surface area contributed by atoms with Gasteiger partial charge in [-0.15, -0.1) is 34.8 Å². The molecular weight excluding hydrogens is 918 g/mol. The van der Waals surface area contributed by atoms with Gasteiger partial charge in [-0.3, -0.25) is 4.57 Å². The third-order valence-corrected chi connectivity index (χ3v) is 11.8. The zero-order chi connectivity index (χ0) is 42.1. The molecule has 5 heterocycles. The van der Waals surface area contributed by atoms with E-state index in [1.165, 1.54) is 0 Å². The Bertz CT molecular complexity index is 3790. The predicted octanol–water partition coefficient (Wildman–Crippen LogP) is 13.4. The normalized spacial score (nSPS) is 13.2. The van der Waals surface area contributed by atoms with E-state index < -0.39 is 6.85 Å². The molecule has 12 aromatic rings. The maximum absolute atomic E-state index is 8.13. The van der Waals surface area contributed by atoms with E-state index in [1.807, 2.05) is 41.0 Å². The first-order valence-electron chi connectivity index (χ1n) is 21.4. The first-order chi connectivity index (χ1) is 30.0. The Morgan fingerprint density at radius 2 is 1.47 bits per heavy atom. The smallest absolute Gasteiger partial charge is 0.656 e. The van der Waals surface area contributed by atoms with E-state index in [9.17, 15) is 0 Å². The molecule has 0 saturated carbocycles. The molecule has 7 heteroatoms. The minimum Gasteiger partial charge on any atom is -0.656 e. The van der Waals surface area contributed by atoms with E-state index in [-0.39, 0.29) is 32.0 Å². The van der Waals surface area contributed by atoms with Crippen LogP contribution >= 0.6 is 0 Å². The van der Waals surface area contributed by atoms with Crippen LogP contribution in [0.1, 0.15) is 36.0 Å². The van der Waals surface area contributed by atoms with Gasteiger partial charge < -0.3 is 14.0 Å². The second-order valence-corrected chi connectivity index (χ2v) is 16.4. The van der Waals surface area contributed by atoms with Crippen molar-refractivity contribution < 1.29 is 29.6 Å². The van der Waals surface area contributed by atoms with E-state index in [0.29, 0.717) is 5.82 Å². The van der Waals surface area contributed by atoms with Gasteiger partial charge in [0, 0.05) is 43.2 Å². The van der Waals surface area contributed by atoms with Crippen LogP contribution in [0.2, 0.25) is 0 Å². The monoisotopic (exact) mass is 957 g/mol. The number of rotatable bonds is 4. The van der Waals surface area contributed by atoms with Gasteiger partial charge in [0.1, 0.15) is 22.8 Å². The number of aryl methyl sites for hydroxylation is 1. The molecule has 290 valence electrons. The standard InChI is InChI=1S/C53H37N5O.Pt/c1-31-25-26-54-47(27-31)58-43-18-10-8-15-36(43)37-22-21-32(28-45(37)58)35-17-12-19-44-50(35)56-52(57(44)34-13-6-5-7-14-34)41-30-33(53(2,3)4)29-40-48-42(55-49(40)41)24-23-39-38-16-9-11-20-46(38)59-51(39)48;/h5-27,29-30H,1-4H3;/q-2;+2/i1D3;. The summed E-state index contributed by atoms with van der Waals surface area (Å²) in [5, 5.41) is 6.20. The van der Waals surface area contributed by atoms with Crippen LogP contribution in [-0.4, -0.2) is 19.1 Å². The van der Waals surface area contributed by atoms with Crippen molar-refractivity contribution in [3.8, 4) is 34.0 Å². The summed E-state index contributed by atoms with van der Waals surface area (Å²) in [6, 6.07) is 53.0. The van der Waals surface area contributed by atoms with Gasteiger partial charge >= 0.3 is 21.1 Å². The fraction of sp³-hybridized carbons (Fsp3) is 0.0943. The molecule has 0 N–H and O–H groups in total. The molecule has 60 heavy (non-hydrogen) atoms. The zero-order valence-corrected chi connectivity index (χ0v) is 35.2. The van der Waals surface area contributed by atoms with Crippen molar-refractivity contribution in [2.45, 2.75) is 33.0 Å². The zero-order valence-electron chi connectivity index (χ0n) is 35.9. The van der Waals surface area contributed by atoms with Crippen molar-refractivity contribution >= 4 is 76.6 Å². The summed E-state index contributed by atoms with van der Waals surface area (Å²) in [5.74, 6) is 1.30. The minimum absolute atomic E-state index is 0. The largest absolute Gasteiger partial charge is 2.00 e. The van der Waals surface area contributed by atoms with Gasteiger partial charge in [-0.2, -0.15) is 0 Å². The van der Waals surface area contributed by atoms with E-state index in [2.05, 4.69) is 133 Å². The SMILES string of the molecule is [2H]C([2H])([2H])c1ccnc(-n2c3[c-]c(-c4cccc5c4nc(-c4cc(C(C)(C)C)cc6c4[n-]c4ccc7c8ccccc8oc7c46)n5-c4ccccc4)ccc3c3ccccc32)c1.[Pt+2]. The summed E-state index contributed by atoms with van der Waals surface area (Å²) in [6.07, 6.45) is 1.56. The molecule has 0 aliphatic rings. The quantitative estimate of drug-likeness (QED) is 0.165. The van der Waals surface area contributed by atoms with Crippen LogP contribution < -0.4 is 4.98 Å². The van der Waals surface area contributed by atoms with Gasteiger partial charge in [0.05, 0.1) is 11.0 Å². The Hall–Kier alpha value is -6.75. The number of benzene rings is 7. The molecule has 7 aromatic carbocycles. The van der Waals surface area contributed by atoms with Crippen LogP contribution in [0.4, 0.5) is 0 Å². The summed E-state index contributed by atoms with van der Waals surface area (Å²) in [6.45, 7) is 4.45. The van der Waals surface area contributed by atoms with Gasteiger partial charge in [0.15, 0.2) is 0 Å². The van der Waals surface area contributed by atoms with Crippen LogP contribution in [0.15, 0.2) is 156 Å². The van der Waals surface area contributed by atoms with E-state index in [1.54, 1.807) is 18.3 Å². The number of fused-ring (bicyclic) bond motifs is 11. The second kappa shape index (κ2) is 13.4. The Balaban J connectivity index is 0.00000444. The molecule has 0 atom stereocenters. The van der Waals surface area contributed by atoms with Crippen LogP contribution in [0, 0.1) is 12.9 Å². The van der Waals surface area contributed by atoms with Crippen molar-refractivity contribution in [3.05, 3.63) is 169 Å². The Labute approximate surface area is 364 Å². The fourth-order valence-electron chi connectivity index (χ4n) is 8.97. The number of hydrogen-bond donors (Lipinski definition) is 0. The van der Waals surface area contributed by atoms with Gasteiger partial charge in [-0.25, -0.2) is 9.97 Å². The maximum atomic E-state index is 8.13. The second-order valence-electron chi connectivity index (χ2n) is 16.4. The van der Waals surface area contributed by atoms with E-state index >= 15 is 0 Å². The number of pyridine rings is 1. The van der Waals surface area contributed by atoms with E-state index in [4.69, 9.17) is 18.5 Å². The van der Waals surface area contributed by atoms with Crippen molar-refractivity contribution in [2.24, 2.45) is 0 Å². The molecule has 0 unspecified atom stereocenters. The summed E-state index contributed by atoms with van der Waals surface area (Å²) in [7, 11) is 0. The van der Waals surface area contributed by atoms with Crippen LogP contribution in [-0.2, 0) is 26.5 Å². The molecule has 12 rings (SSSR count). The van der Waals surface area contributed by atoms with Crippen molar-refractivity contribution in [1.82, 2.24) is 24.1 Å². The van der Waals surface area contributed by atoms with Crippen molar-refractivity contribution in [3.63, 3.8) is 0 Å². The molecule has 0 amide bonds. The van der Waals surface area contributed by atoms with Gasteiger partial charge in [0.2, 0.25) is 0 Å². The third kappa shape index (κ3) is 5.37. The topological polar surface area (TPSA) is 62.9 Å². The number of furan rings is 1. The molecule has 6 nitrogen and oxygen atoms in total. The first-order valence-corrected chi connectivity index (χ1v) is 19.9. The molecule has 0 fully saturated rings. The number of nitrogens with zero attached hydrogens (tertiary/aromatic N) is 5. The van der Waals surface area contributed by atoms with Crippen molar-refractivity contribution in [1.29, 1.82) is 0 Å². The third-order valence-electron chi connectivity index (χ3n) is 11.8. The first kappa shape index (κ1) is 33.1.